The Morgan fingerprint density at radius 2 is 1.10 bits per heavy atom. The van der Waals surface area contributed by atoms with Gasteiger partial charge in [-0.15, -0.1) is 23.2 Å². The molecule has 238 valence electrons. The summed E-state index contributed by atoms with van der Waals surface area (Å²) in [4.78, 5) is 27.0. The number of aliphatic imine (C=N–C) groups is 4. The van der Waals surface area contributed by atoms with Crippen molar-refractivity contribution < 1.29 is 29.9 Å². The van der Waals surface area contributed by atoms with Gasteiger partial charge in [-0.2, -0.15) is 0 Å². The number of methoxy groups -OCH3 is 1. The second-order valence-corrected chi connectivity index (χ2v) is 12.7. The first-order valence-corrected chi connectivity index (χ1v) is 18.2. The number of alkyl halides is 2. The van der Waals surface area contributed by atoms with Crippen LogP contribution in [0.25, 0.3) is 0 Å². The van der Waals surface area contributed by atoms with Crippen LogP contribution in [-0.2, 0) is 29.9 Å². The zero-order valence-electron chi connectivity index (χ0n) is 24.0. The summed E-state index contributed by atoms with van der Waals surface area (Å²) in [7, 11) is 10.2. The van der Waals surface area contributed by atoms with Crippen molar-refractivity contribution in [1.82, 2.24) is 0 Å². The molecular weight excluding hydrogens is 722 g/mol. The summed E-state index contributed by atoms with van der Waals surface area (Å²) in [6, 6.07) is 0. The van der Waals surface area contributed by atoms with Crippen LogP contribution in [0.4, 0.5) is 0 Å². The fraction of sp³-hybridized carbons (Fsp3) is 0.808. The molecule has 0 aromatic heterocycles. The molecule has 0 aliphatic heterocycles. The first-order chi connectivity index (χ1) is 18.4. The van der Waals surface area contributed by atoms with Gasteiger partial charge in [-0.3, -0.25) is 20.0 Å². The quantitative estimate of drug-likeness (QED) is 0.0471. The van der Waals surface area contributed by atoms with Crippen LogP contribution in [-0.4, -0.2) is 103 Å². The van der Waals surface area contributed by atoms with Crippen molar-refractivity contribution in [3.05, 3.63) is 0 Å². The Kier molecular flexibility index (Phi) is 56.8. The Morgan fingerprint density at radius 3 is 1.38 bits per heavy atom. The maximum absolute atomic E-state index is 10.0. The Hall–Kier alpha value is 0.264. The van der Waals surface area contributed by atoms with Crippen LogP contribution in [0, 0.1) is 0 Å². The minimum atomic E-state index is 0. The molecule has 8 nitrogen and oxygen atoms in total. The number of nitrogens with zero attached hydrogens (tertiary/aromatic N) is 4. The SMILES string of the molecule is C.CCC(=NC)C(CCCOCCC=O)=NC.CCC(=NC)C(CCCOCCOC)=NC.ClCCl.[Br][Ni][Br]. The van der Waals surface area contributed by atoms with Crippen LogP contribution < -0.4 is 0 Å². The van der Waals surface area contributed by atoms with E-state index in [1.165, 1.54) is 10.9 Å². The number of hydrogen-bond donors (Lipinski definition) is 0. The van der Waals surface area contributed by atoms with Crippen molar-refractivity contribution in [3.63, 3.8) is 0 Å². The molecule has 0 radical (unpaired) electrons. The van der Waals surface area contributed by atoms with Gasteiger partial charge in [-0.1, -0.05) is 21.3 Å². The fourth-order valence-corrected chi connectivity index (χ4v) is 2.91. The third-order valence-electron chi connectivity index (χ3n) is 4.63. The van der Waals surface area contributed by atoms with Crippen LogP contribution in [0.2, 0.25) is 0 Å². The standard InChI is InChI=1S/C12H24N2O2.C12H22N2O2.CH2Cl2.CH4.2BrH.Ni/c1-5-11(13-2)12(14-3)7-6-8-16-10-9-15-4;1-4-11(13-2)12(14-3)7-5-9-16-10-6-8-15;2-1-3;;;;/h5-10H2,1-4H3;8H,4-7,9-10H2,1-3H3;1H2;1H4;2*1H;/q;;;;;;+2/p-2. The van der Waals surface area contributed by atoms with E-state index in [2.05, 4.69) is 62.3 Å². The third kappa shape index (κ3) is 38.3. The molecule has 39 heavy (non-hydrogen) atoms. The van der Waals surface area contributed by atoms with Crippen LogP contribution >= 0.6 is 51.7 Å². The molecular formula is C26H52Br2Cl2N4NiO4. The number of halogens is 4. The van der Waals surface area contributed by atoms with Crippen molar-refractivity contribution in [2.45, 2.75) is 66.2 Å². The number of ether oxygens (including phenoxy) is 3. The van der Waals surface area contributed by atoms with Gasteiger partial charge in [0.15, 0.2) is 0 Å². The van der Waals surface area contributed by atoms with Crippen LogP contribution in [0.15, 0.2) is 20.0 Å². The van der Waals surface area contributed by atoms with Crippen LogP contribution in [0.3, 0.4) is 0 Å². The van der Waals surface area contributed by atoms with Crippen LogP contribution in [0.5, 0.6) is 0 Å². The molecule has 0 atom stereocenters. The van der Waals surface area contributed by atoms with Gasteiger partial charge in [-0.05, 0) is 38.5 Å². The van der Waals surface area contributed by atoms with Gasteiger partial charge in [0, 0.05) is 54.9 Å². The van der Waals surface area contributed by atoms with Crippen molar-refractivity contribution in [1.29, 1.82) is 0 Å². The van der Waals surface area contributed by atoms with E-state index in [1.54, 1.807) is 21.2 Å². The van der Waals surface area contributed by atoms with Gasteiger partial charge in [0.25, 0.3) is 0 Å². The first kappa shape index (κ1) is 49.0. The van der Waals surface area contributed by atoms with Crippen molar-refractivity contribution in [2.24, 2.45) is 20.0 Å². The van der Waals surface area contributed by atoms with Crippen molar-refractivity contribution in [3.8, 4) is 0 Å². The van der Waals surface area contributed by atoms with Crippen LogP contribution in [0.1, 0.15) is 66.2 Å². The number of hydrogen-bond acceptors (Lipinski definition) is 8. The molecule has 0 unspecified atom stereocenters. The average Bonchev–Trinajstić information content (AvgIpc) is 2.92. The van der Waals surface area contributed by atoms with E-state index in [1.807, 2.05) is 14.1 Å². The molecule has 0 aliphatic carbocycles. The van der Waals surface area contributed by atoms with Gasteiger partial charge in [-0.25, -0.2) is 0 Å². The molecule has 13 heteroatoms. The van der Waals surface area contributed by atoms with Crippen molar-refractivity contribution >= 4 is 80.8 Å². The monoisotopic (exact) mass is 770 g/mol. The van der Waals surface area contributed by atoms with E-state index in [4.69, 9.17) is 37.4 Å². The van der Waals surface area contributed by atoms with Crippen molar-refractivity contribution in [2.75, 3.05) is 73.7 Å². The summed E-state index contributed by atoms with van der Waals surface area (Å²) in [5.41, 5.74) is 4.32. The van der Waals surface area contributed by atoms with E-state index in [0.717, 1.165) is 74.3 Å². The predicted molar refractivity (Wildman–Crippen MR) is 178 cm³/mol. The van der Waals surface area contributed by atoms with E-state index in [-0.39, 0.29) is 12.8 Å². The molecule has 0 amide bonds. The molecule has 0 aromatic rings. The Labute approximate surface area is 269 Å². The molecule has 0 saturated heterocycles. The van der Waals surface area contributed by atoms with Gasteiger partial charge < -0.3 is 19.0 Å². The average molecular weight is 774 g/mol. The molecule has 0 bridgehead atoms. The Balaban J connectivity index is -0.000000160. The fourth-order valence-electron chi connectivity index (χ4n) is 2.91. The van der Waals surface area contributed by atoms with Gasteiger partial charge in [0.1, 0.15) is 6.29 Å². The number of carbonyl (C=O) groups excluding carboxylic acids is 1. The minimum absolute atomic E-state index is 0. The van der Waals surface area contributed by atoms with Gasteiger partial charge >= 0.3 is 39.3 Å². The van der Waals surface area contributed by atoms with E-state index in [0.29, 0.717) is 32.8 Å². The first-order valence-electron chi connectivity index (χ1n) is 12.3. The molecule has 0 aromatic carbocycles. The number of aldehydes is 1. The van der Waals surface area contributed by atoms with E-state index < -0.39 is 0 Å². The molecule has 0 fully saturated rings. The predicted octanol–water partition coefficient (Wildman–Crippen LogP) is 7.65. The summed E-state index contributed by atoms with van der Waals surface area (Å²) < 4.78 is 15.6. The van der Waals surface area contributed by atoms with E-state index >= 15 is 0 Å². The third-order valence-corrected chi connectivity index (χ3v) is 4.63. The summed E-state index contributed by atoms with van der Waals surface area (Å²) in [5.74, 6) is 0. The molecule has 0 rings (SSSR count). The zero-order chi connectivity index (χ0) is 29.9. The van der Waals surface area contributed by atoms with E-state index in [9.17, 15) is 4.79 Å². The molecule has 0 saturated carbocycles. The summed E-state index contributed by atoms with van der Waals surface area (Å²) in [5, 5.41) is 0.194. The molecule has 0 spiro atoms. The topological polar surface area (TPSA) is 94.2 Å². The summed E-state index contributed by atoms with van der Waals surface area (Å²) in [6.45, 7) is 7.45. The molecule has 0 aliphatic rings. The molecule has 0 N–H and O–H groups in total. The second kappa shape index (κ2) is 45.3. The Bertz CT molecular complexity index is 629. The summed E-state index contributed by atoms with van der Waals surface area (Å²) in [6.07, 6.45) is 6.92. The summed E-state index contributed by atoms with van der Waals surface area (Å²) >= 11 is 15.5. The van der Waals surface area contributed by atoms with Gasteiger partial charge in [0.2, 0.25) is 0 Å². The molecule has 0 heterocycles. The second-order valence-electron chi connectivity index (χ2n) is 6.91. The van der Waals surface area contributed by atoms with Gasteiger partial charge in [0.05, 0.1) is 48.0 Å². The Morgan fingerprint density at radius 1 is 0.744 bits per heavy atom. The zero-order valence-corrected chi connectivity index (χ0v) is 29.7. The normalized spacial score (nSPS) is 11.8. The number of rotatable bonds is 18. The number of carbonyl (C=O) groups is 1. The maximum atomic E-state index is 10.0.